The molecule has 1 heterocycles. The SMILES string of the molecule is CC1=C(CC(=O)OC(COCCCO[N+](=O)[O-])C(=O)Oc2ccc(-c3cc(=S)ss3)cc2)c2cc(F)ccc2/C1=C\c1ccc(S(C)=O)cc1. The molecule has 0 saturated carbocycles. The normalized spacial score (nSPS) is 14.3. The minimum atomic E-state index is -1.48. The molecule has 2 atom stereocenters. The van der Waals surface area contributed by atoms with E-state index in [1.165, 1.54) is 32.8 Å². The largest absolute Gasteiger partial charge is 0.448 e. The van der Waals surface area contributed by atoms with Crippen LogP contribution in [0.1, 0.15) is 36.5 Å². The predicted molar refractivity (Wildman–Crippen MR) is 193 cm³/mol. The van der Waals surface area contributed by atoms with Gasteiger partial charge in [-0.15, -0.1) is 10.1 Å². The lowest BCUT2D eigenvalue weighted by Gasteiger charge is -2.18. The topological polar surface area (TPSA) is 131 Å². The highest BCUT2D eigenvalue weighted by molar-refractivity contribution is 7.84. The number of benzene rings is 3. The number of halogens is 1. The third-order valence-corrected chi connectivity index (χ3v) is 11.4. The average molecular weight is 756 g/mol. The molecular formula is C35H30FNO9S4. The zero-order chi connectivity index (χ0) is 35.8. The Balaban J connectivity index is 1.33. The highest BCUT2D eigenvalue weighted by Gasteiger charge is 2.30. The number of hydrogen-bond donors (Lipinski definition) is 0. The molecule has 0 spiro atoms. The van der Waals surface area contributed by atoms with Crippen LogP contribution in [0, 0.1) is 19.8 Å². The summed E-state index contributed by atoms with van der Waals surface area (Å²) in [7, 11) is 1.88. The molecule has 3 aromatic carbocycles. The highest BCUT2D eigenvalue weighted by Crippen LogP contribution is 2.44. The van der Waals surface area contributed by atoms with Crippen molar-refractivity contribution in [1.82, 2.24) is 0 Å². The van der Waals surface area contributed by atoms with Gasteiger partial charge >= 0.3 is 11.9 Å². The predicted octanol–water partition coefficient (Wildman–Crippen LogP) is 7.93. The summed E-state index contributed by atoms with van der Waals surface area (Å²) in [5.74, 6) is -1.93. The number of fused-ring (bicyclic) bond motifs is 1. The number of allylic oxidation sites excluding steroid dienone is 2. The van der Waals surface area contributed by atoms with Gasteiger partial charge in [0.25, 0.3) is 5.09 Å². The maximum Gasteiger partial charge on any atom is 0.355 e. The molecule has 50 heavy (non-hydrogen) atoms. The molecule has 0 bridgehead atoms. The zero-order valence-corrected chi connectivity index (χ0v) is 30.0. The Bertz CT molecular complexity index is 2040. The third kappa shape index (κ3) is 9.63. The molecule has 1 aliphatic carbocycles. The lowest BCUT2D eigenvalue weighted by atomic mass is 10.0. The second kappa shape index (κ2) is 17.0. The molecule has 0 amide bonds. The van der Waals surface area contributed by atoms with Crippen molar-refractivity contribution in [2.24, 2.45) is 0 Å². The number of hydrogen-bond acceptors (Lipinski definition) is 12. The fourth-order valence-corrected chi connectivity index (χ4v) is 8.05. The molecular weight excluding hydrogens is 726 g/mol. The van der Waals surface area contributed by atoms with Crippen LogP contribution in [0.4, 0.5) is 4.39 Å². The van der Waals surface area contributed by atoms with E-state index in [4.69, 9.17) is 26.4 Å². The summed E-state index contributed by atoms with van der Waals surface area (Å²) >= 11 is 5.21. The first-order valence-corrected chi connectivity index (χ1v) is 19.2. The van der Waals surface area contributed by atoms with Gasteiger partial charge in [0.05, 0.1) is 19.6 Å². The molecule has 1 aromatic heterocycles. The minimum absolute atomic E-state index is 0.0171. The molecule has 2 unspecified atom stereocenters. The van der Waals surface area contributed by atoms with Crippen molar-refractivity contribution in [2.75, 3.05) is 26.1 Å². The summed E-state index contributed by atoms with van der Waals surface area (Å²) in [6.45, 7) is 1.20. The first-order chi connectivity index (χ1) is 24.0. The van der Waals surface area contributed by atoms with Crippen molar-refractivity contribution in [3.05, 3.63) is 115 Å². The van der Waals surface area contributed by atoms with Gasteiger partial charge in [-0.05, 0) is 113 Å². The Morgan fingerprint density at radius 1 is 1.02 bits per heavy atom. The van der Waals surface area contributed by atoms with Gasteiger partial charge in [-0.1, -0.05) is 51.1 Å². The average Bonchev–Trinajstić information content (AvgIpc) is 3.62. The van der Waals surface area contributed by atoms with Gasteiger partial charge in [-0.2, -0.15) is 0 Å². The van der Waals surface area contributed by atoms with E-state index in [0.29, 0.717) is 16.0 Å². The quantitative estimate of drug-likeness (QED) is 0.0224. The standard InChI is InChI=1S/C35H30FNO9S4/c1-21-28(16-22-4-11-26(12-5-22)50(2)42)27-13-8-24(36)17-30(27)29(21)18-33(38)46-31(20-43-14-3-15-44-37(40)41)35(39)45-25-9-6-23(7-10-25)32-19-34(47)49-48-32/h4-13,16-17,19,31H,3,14-15,18,20H2,1-2H3/b28-16-. The Labute approximate surface area is 301 Å². The van der Waals surface area contributed by atoms with Gasteiger partial charge in [0.1, 0.15) is 15.4 Å². The van der Waals surface area contributed by atoms with Crippen LogP contribution in [-0.2, 0) is 34.7 Å². The monoisotopic (exact) mass is 755 g/mol. The lowest BCUT2D eigenvalue weighted by Crippen LogP contribution is -2.35. The van der Waals surface area contributed by atoms with Crippen molar-refractivity contribution in [2.45, 2.75) is 30.8 Å². The van der Waals surface area contributed by atoms with Gasteiger partial charge in [0.15, 0.2) is 0 Å². The van der Waals surface area contributed by atoms with Gasteiger partial charge in [-0.25, -0.2) is 9.18 Å². The second-order valence-corrected chi connectivity index (χ2v) is 15.2. The summed E-state index contributed by atoms with van der Waals surface area (Å²) in [5, 5.41) is 9.50. The van der Waals surface area contributed by atoms with Crippen LogP contribution in [0.25, 0.3) is 27.7 Å². The molecule has 260 valence electrons. The molecule has 10 nitrogen and oxygen atoms in total. The van der Waals surface area contributed by atoms with Crippen LogP contribution in [0.2, 0.25) is 0 Å². The van der Waals surface area contributed by atoms with E-state index >= 15 is 0 Å². The highest BCUT2D eigenvalue weighted by atomic mass is 32.9. The van der Waals surface area contributed by atoms with Crippen LogP contribution < -0.4 is 4.74 Å². The van der Waals surface area contributed by atoms with Gasteiger partial charge in [0.2, 0.25) is 6.10 Å². The molecule has 0 N–H and O–H groups in total. The van der Waals surface area contributed by atoms with Crippen molar-refractivity contribution >= 4 is 72.9 Å². The molecule has 0 radical (unpaired) electrons. The molecule has 1 aliphatic rings. The number of ether oxygens (including phenoxy) is 3. The molecule has 5 rings (SSSR count). The summed E-state index contributed by atoms with van der Waals surface area (Å²) < 4.78 is 43.7. The number of nitrogens with zero attached hydrogens (tertiary/aromatic N) is 1. The summed E-state index contributed by atoms with van der Waals surface area (Å²) in [6, 6.07) is 20.2. The van der Waals surface area contributed by atoms with Crippen molar-refractivity contribution in [1.29, 1.82) is 0 Å². The Morgan fingerprint density at radius 2 is 1.76 bits per heavy atom. The maximum atomic E-state index is 14.5. The van der Waals surface area contributed by atoms with Crippen LogP contribution in [0.5, 0.6) is 5.75 Å². The van der Waals surface area contributed by atoms with E-state index in [1.807, 2.05) is 31.2 Å². The molecule has 15 heteroatoms. The number of esters is 2. The number of carbonyl (C=O) groups is 2. The summed E-state index contributed by atoms with van der Waals surface area (Å²) in [5.41, 5.74) is 4.99. The van der Waals surface area contributed by atoms with Crippen LogP contribution in [0.3, 0.4) is 0 Å². The number of carbonyl (C=O) groups excluding carboxylic acids is 2. The summed E-state index contributed by atoms with van der Waals surface area (Å²) in [4.78, 5) is 43.1. The fourth-order valence-electron chi connectivity index (χ4n) is 5.13. The molecule has 0 fully saturated rings. The first kappa shape index (κ1) is 36.9. The zero-order valence-electron chi connectivity index (χ0n) is 26.8. The Hall–Kier alpha value is -4.41. The number of rotatable bonds is 15. The van der Waals surface area contributed by atoms with E-state index < -0.39 is 39.7 Å². The third-order valence-electron chi connectivity index (χ3n) is 7.55. The van der Waals surface area contributed by atoms with E-state index in [2.05, 4.69) is 4.84 Å². The first-order valence-electron chi connectivity index (χ1n) is 15.1. The van der Waals surface area contributed by atoms with E-state index in [1.54, 1.807) is 48.7 Å². The Kier molecular flexibility index (Phi) is 12.5. The van der Waals surface area contributed by atoms with E-state index in [9.17, 15) is 28.3 Å². The lowest BCUT2D eigenvalue weighted by molar-refractivity contribution is -0.757. The molecule has 4 aromatic rings. The van der Waals surface area contributed by atoms with Gasteiger partial charge < -0.3 is 19.0 Å². The van der Waals surface area contributed by atoms with Crippen molar-refractivity contribution < 1.29 is 42.3 Å². The van der Waals surface area contributed by atoms with Crippen LogP contribution >= 0.6 is 32.9 Å². The minimum Gasteiger partial charge on any atom is -0.448 e. The summed E-state index contributed by atoms with van der Waals surface area (Å²) in [6.07, 6.45) is 1.89. The fraction of sp³-hybridized carbons (Fsp3) is 0.229. The van der Waals surface area contributed by atoms with Gasteiger partial charge in [0, 0.05) is 33.4 Å². The van der Waals surface area contributed by atoms with Crippen molar-refractivity contribution in [3.8, 4) is 16.2 Å². The molecule has 0 saturated heterocycles. The smallest absolute Gasteiger partial charge is 0.355 e. The van der Waals surface area contributed by atoms with Crippen LogP contribution in [0.15, 0.2) is 83.3 Å². The van der Waals surface area contributed by atoms with Crippen LogP contribution in [-0.4, -0.2) is 53.4 Å². The molecule has 0 aliphatic heterocycles. The van der Waals surface area contributed by atoms with Crippen molar-refractivity contribution in [3.63, 3.8) is 0 Å². The second-order valence-electron chi connectivity index (χ2n) is 11.0. The van der Waals surface area contributed by atoms with E-state index in [0.717, 1.165) is 36.5 Å². The van der Waals surface area contributed by atoms with E-state index in [-0.39, 0.29) is 38.4 Å². The maximum absolute atomic E-state index is 14.5. The Morgan fingerprint density at radius 3 is 2.42 bits per heavy atom. The van der Waals surface area contributed by atoms with Gasteiger partial charge in [-0.3, -0.25) is 9.00 Å².